The number of nitrogens with one attached hydrogen (secondary N) is 3. The summed E-state index contributed by atoms with van der Waals surface area (Å²) >= 11 is 0. The first kappa shape index (κ1) is 90.5. The standard InChI is InChI=1S/C20H21N2.C20H20N2.C19H19N3.2C19H18N2.C18H17N3.3CH4/c1-13-8-7-9-14(2)19(13)22-18-11-6-5-10-16(18)17-12-21(4)15(3)20(17)22;1-13-8-7-9-14(2)20(13)22-17-11-6-5-10-16(17)19-15(3)21(4)12-18(19)22;1-12-8-7-9-13(2)17(12)22-16-11-6-5-10-15(16)18-19(22)20-14(3)21(18)4;1-12-7-6-8-13(2)18(12)21-17-10-5-4-9-15(17)16-11-20-14(3)19(16)21;1-12-7-6-8-13(2)19(12)21-16-10-5-4-9-15(16)18-17(21)11-14(3)20-18;1-11-7-6-8-12(2)17(11)21-15-10-5-4-9-14(15)16-18(21)20-13(3)19-16;;;/h5-12,15H,1-4H3;5-12H,1-4H3;5-11H,1-4H3;2*4-11,20H,1-3H3;4-10H,1-3H3,(H,19,20);3*1H4/q+1;;;;;;;;. The Morgan fingerprint density at radius 2 is 0.674 bits per heavy atom. The fraction of sp³-hybridized carbons (Fsp3) is 0.212. The van der Waals surface area contributed by atoms with Crippen LogP contribution >= 0.6 is 0 Å². The Kier molecular flexibility index (Phi) is 24.6. The summed E-state index contributed by atoms with van der Waals surface area (Å²) in [6, 6.07) is 93.3. The van der Waals surface area contributed by atoms with Crippen LogP contribution in [-0.4, -0.2) is 79.3 Å². The molecule has 14 heteroatoms. The van der Waals surface area contributed by atoms with Gasteiger partial charge >= 0.3 is 0 Å². The van der Waals surface area contributed by atoms with Crippen LogP contribution in [0.15, 0.2) is 273 Å². The molecule has 0 spiro atoms. The lowest BCUT2D eigenvalue weighted by molar-refractivity contribution is -0.531. The van der Waals surface area contributed by atoms with Crippen molar-refractivity contribution in [1.82, 2.24) is 61.5 Å². The van der Waals surface area contributed by atoms with Crippen molar-refractivity contribution in [3.63, 3.8) is 0 Å². The maximum atomic E-state index is 4.83. The Morgan fingerprint density at radius 3 is 1.15 bits per heavy atom. The highest BCUT2D eigenvalue weighted by Gasteiger charge is 2.34. The molecule has 0 fully saturated rings. The summed E-state index contributed by atoms with van der Waals surface area (Å²) in [5, 5.41) is 10.4. The number of aryl methyl sites for hydroxylation is 19. The van der Waals surface area contributed by atoms with E-state index < -0.39 is 0 Å². The Morgan fingerprint density at radius 1 is 0.318 bits per heavy atom. The van der Waals surface area contributed by atoms with E-state index in [1.54, 1.807) is 0 Å². The highest BCUT2D eigenvalue weighted by Crippen LogP contribution is 2.44. The molecule has 1 atom stereocenters. The van der Waals surface area contributed by atoms with Gasteiger partial charge < -0.3 is 42.4 Å². The topological polar surface area (TPSA) is 116 Å². The number of aromatic nitrogens is 13. The number of para-hydroxylation sites is 12. The smallest absolute Gasteiger partial charge is 0.190 e. The van der Waals surface area contributed by atoms with Crippen LogP contribution in [0.1, 0.15) is 142 Å². The summed E-state index contributed by atoms with van der Waals surface area (Å²) in [6.07, 6.45) is 6.65. The molecule has 0 saturated carbocycles. The Hall–Kier alpha value is -14.9. The van der Waals surface area contributed by atoms with Crippen LogP contribution in [0.25, 0.3) is 155 Å². The molecule has 14 nitrogen and oxygen atoms in total. The predicted molar refractivity (Wildman–Crippen MR) is 564 cm³/mol. The highest BCUT2D eigenvalue weighted by atomic mass is 15.2. The van der Waals surface area contributed by atoms with Gasteiger partial charge in [0.15, 0.2) is 23.6 Å². The van der Waals surface area contributed by atoms with Gasteiger partial charge in [-0.3, -0.25) is 9.13 Å². The van der Waals surface area contributed by atoms with Crippen LogP contribution < -0.4 is 0 Å². The molecule has 3 N–H and O–H groups in total. The van der Waals surface area contributed by atoms with Crippen LogP contribution in [0.2, 0.25) is 0 Å². The largest absolute Gasteiger partial charge is 0.363 e. The minimum atomic E-state index is 0. The fourth-order valence-electron chi connectivity index (χ4n) is 20.8. The van der Waals surface area contributed by atoms with Crippen molar-refractivity contribution in [2.75, 3.05) is 7.05 Å². The molecule has 0 amide bonds. The van der Waals surface area contributed by atoms with Gasteiger partial charge in [-0.1, -0.05) is 241 Å². The summed E-state index contributed by atoms with van der Waals surface area (Å²) in [6.45, 7) is 39.0. The van der Waals surface area contributed by atoms with Gasteiger partial charge in [0, 0.05) is 93.6 Å². The average molecular weight is 1740 g/mol. The van der Waals surface area contributed by atoms with E-state index in [0.717, 1.165) is 28.5 Å². The van der Waals surface area contributed by atoms with Gasteiger partial charge in [-0.05, 0) is 227 Å². The van der Waals surface area contributed by atoms with Gasteiger partial charge in [-0.25, -0.2) is 14.5 Å². The lowest BCUT2D eigenvalue weighted by Gasteiger charge is -2.16. The number of hydrogen-bond acceptors (Lipinski definition) is 2. The number of nitrogens with zero attached hydrogens (tertiary/aromatic N) is 11. The van der Waals surface area contributed by atoms with E-state index in [0.29, 0.717) is 6.04 Å². The van der Waals surface area contributed by atoms with Gasteiger partial charge in [0.25, 0.3) is 0 Å². The van der Waals surface area contributed by atoms with Gasteiger partial charge in [0.1, 0.15) is 24.4 Å². The minimum Gasteiger partial charge on any atom is -0.363 e. The number of benzene rings is 12. The maximum absolute atomic E-state index is 4.83. The molecule has 132 heavy (non-hydrogen) atoms. The molecule has 0 bridgehead atoms. The van der Waals surface area contributed by atoms with E-state index in [4.69, 9.17) is 9.97 Å². The van der Waals surface area contributed by atoms with Gasteiger partial charge in [0.05, 0.1) is 106 Å². The third kappa shape index (κ3) is 15.0. The molecule has 1 aliphatic heterocycles. The van der Waals surface area contributed by atoms with Gasteiger partial charge in [-0.2, -0.15) is 0 Å². The van der Waals surface area contributed by atoms with E-state index in [1.807, 2.05) is 6.92 Å². The number of rotatable bonds is 6. The summed E-state index contributed by atoms with van der Waals surface area (Å²) < 4.78 is 21.0. The van der Waals surface area contributed by atoms with Crippen molar-refractivity contribution in [3.05, 3.63) is 380 Å². The summed E-state index contributed by atoms with van der Waals surface area (Å²) in [5.74, 6) is 1.99. The summed E-state index contributed by atoms with van der Waals surface area (Å²) in [5.41, 5.74) is 46.7. The quantitative estimate of drug-likeness (QED) is 0.144. The van der Waals surface area contributed by atoms with Crippen molar-refractivity contribution < 1.29 is 4.58 Å². The summed E-state index contributed by atoms with van der Waals surface area (Å²) in [4.78, 5) is 19.8. The Labute approximate surface area is 776 Å². The van der Waals surface area contributed by atoms with Crippen molar-refractivity contribution >= 4 is 127 Å². The van der Waals surface area contributed by atoms with E-state index >= 15 is 0 Å². The van der Waals surface area contributed by atoms with E-state index in [1.165, 1.54) is 233 Å². The average Bonchev–Trinajstić information content (AvgIpc) is 1.45. The van der Waals surface area contributed by atoms with E-state index in [-0.39, 0.29) is 22.3 Å². The molecule has 0 radical (unpaired) electrons. The van der Waals surface area contributed by atoms with Gasteiger partial charge in [0.2, 0.25) is 0 Å². The molecule has 0 saturated heterocycles. The fourth-order valence-corrected chi connectivity index (χ4v) is 20.8. The first-order chi connectivity index (χ1) is 62.3. The Balaban J connectivity index is 0.000000115. The first-order valence-electron chi connectivity index (χ1n) is 45.0. The molecule has 666 valence electrons. The van der Waals surface area contributed by atoms with E-state index in [2.05, 4.69) is 474 Å². The van der Waals surface area contributed by atoms with E-state index in [9.17, 15) is 0 Å². The third-order valence-corrected chi connectivity index (χ3v) is 27.0. The van der Waals surface area contributed by atoms with Crippen molar-refractivity contribution in [2.24, 2.45) is 14.1 Å². The van der Waals surface area contributed by atoms with Crippen LogP contribution in [0.3, 0.4) is 0 Å². The molecular weight excluding hydrogens is 1610 g/mol. The molecule has 23 aromatic rings. The monoisotopic (exact) mass is 1740 g/mol. The number of imidazole rings is 2. The molecule has 12 heterocycles. The maximum Gasteiger partial charge on any atom is 0.190 e. The third-order valence-electron chi connectivity index (χ3n) is 27.0. The molecule has 11 aromatic heterocycles. The van der Waals surface area contributed by atoms with Crippen LogP contribution in [-0.2, 0) is 14.1 Å². The molecule has 24 rings (SSSR count). The normalized spacial score (nSPS) is 12.2. The number of fused-ring (bicyclic) bond motifs is 18. The van der Waals surface area contributed by atoms with Gasteiger partial charge in [-0.15, -0.1) is 0 Å². The van der Waals surface area contributed by atoms with Crippen LogP contribution in [0, 0.1) is 118 Å². The molecular formula is C118H125N14+. The Bertz CT molecular complexity index is 7930. The second-order valence-electron chi connectivity index (χ2n) is 35.7. The predicted octanol–water partition coefficient (Wildman–Crippen LogP) is 30.3. The summed E-state index contributed by atoms with van der Waals surface area (Å²) in [7, 11) is 6.37. The number of hydrogen-bond donors (Lipinski definition) is 3. The van der Waals surface area contributed by atoms with Crippen molar-refractivity contribution in [3.8, 4) is 34.1 Å². The van der Waals surface area contributed by atoms with Crippen molar-refractivity contribution in [2.45, 2.75) is 153 Å². The zero-order valence-corrected chi connectivity index (χ0v) is 78.1. The molecule has 0 aliphatic carbocycles. The number of aromatic amines is 3. The SMILES string of the molecule is C.C.C.Cc1cc2c([nH]1)c1ccccc1n2-c1c(C)cccc1C.Cc1cccc(C)c1-n1c2c(c3ccccc31)C=[N+](C)C2C.Cc1cccc(C)c1-n1c2ccccc2c2c(C)n(C)cc21.Cc1cccc(C)c1-n1c2ccccc2c2c1nc(C)n2C.Cc1cccc(C)c1-n1c2ccccc2c2c[nH]c(C)c21.Cc1nc2c([nH]1)c1ccccc1n2-c1c(C)cccc1C. The zero-order valence-electron chi connectivity index (χ0n) is 78.1. The second kappa shape index (κ2) is 35.9. The second-order valence-corrected chi connectivity index (χ2v) is 35.7. The lowest BCUT2D eigenvalue weighted by atomic mass is 10.1. The lowest BCUT2D eigenvalue weighted by Crippen LogP contribution is -2.11. The van der Waals surface area contributed by atoms with Crippen molar-refractivity contribution in [1.29, 1.82) is 0 Å². The first-order valence-corrected chi connectivity index (χ1v) is 45.0. The van der Waals surface area contributed by atoms with Crippen LogP contribution in [0.5, 0.6) is 0 Å². The molecule has 1 aliphatic rings. The van der Waals surface area contributed by atoms with Crippen LogP contribution in [0.4, 0.5) is 0 Å². The zero-order chi connectivity index (χ0) is 90.0. The number of H-pyrrole nitrogens is 3. The molecule has 12 aromatic carbocycles. The minimum absolute atomic E-state index is 0. The highest BCUT2D eigenvalue weighted by molar-refractivity contribution is 6.13. The molecule has 1 unspecified atom stereocenters.